The Kier molecular flexibility index (Phi) is 2.48. The standard InChI is InChI=1S/C2HBF4/c4-1-2(5)3(6)7/h1H/b2-1+. The summed E-state index contributed by atoms with van der Waals surface area (Å²) in [5.74, 6) is 0. The van der Waals surface area contributed by atoms with E-state index in [1.807, 2.05) is 0 Å². The van der Waals surface area contributed by atoms with Crippen molar-refractivity contribution in [3.63, 3.8) is 0 Å². The normalized spacial score (nSPS) is 11.7. The Hall–Kier alpha value is -0.475. The topological polar surface area (TPSA) is 0 Å². The maximum atomic E-state index is 11.0. The molecule has 0 atom stereocenters. The zero-order valence-electron chi connectivity index (χ0n) is 3.17. The van der Waals surface area contributed by atoms with Crippen molar-refractivity contribution in [3.8, 4) is 0 Å². The number of halogens is 4. The molecule has 0 heterocycles. The van der Waals surface area contributed by atoms with Crippen molar-refractivity contribution in [2.24, 2.45) is 0 Å². The van der Waals surface area contributed by atoms with Crippen LogP contribution in [0, 0.1) is 0 Å². The lowest BCUT2D eigenvalue weighted by molar-refractivity contribution is 0.564. The maximum Gasteiger partial charge on any atom is 0.603 e. The van der Waals surface area contributed by atoms with Crippen LogP contribution in [0.3, 0.4) is 0 Å². The molecule has 0 aliphatic carbocycles. The van der Waals surface area contributed by atoms with Gasteiger partial charge in [-0.3, -0.25) is 8.63 Å². The Labute approximate surface area is 38.0 Å². The van der Waals surface area contributed by atoms with E-state index >= 15 is 0 Å². The average molecular weight is 112 g/mol. The van der Waals surface area contributed by atoms with E-state index in [9.17, 15) is 17.4 Å². The molecule has 0 unspecified atom stereocenters. The van der Waals surface area contributed by atoms with Gasteiger partial charge in [-0.15, -0.1) is 0 Å². The van der Waals surface area contributed by atoms with Gasteiger partial charge in [0.15, 0.2) is 5.73 Å². The van der Waals surface area contributed by atoms with Crippen LogP contribution in [0.5, 0.6) is 0 Å². The number of rotatable bonds is 1. The third-order valence-electron chi connectivity index (χ3n) is 0.313. The predicted molar refractivity (Wildman–Crippen MR) is 18.3 cm³/mol. The molecule has 0 fully saturated rings. The molecule has 0 aliphatic rings. The summed E-state index contributed by atoms with van der Waals surface area (Å²) in [4.78, 5) is 0. The van der Waals surface area contributed by atoms with Gasteiger partial charge in [0.25, 0.3) is 0 Å². The average Bonchev–Trinajstić information content (AvgIpc) is 1.65. The summed E-state index contributed by atoms with van der Waals surface area (Å²) >= 11 is 0. The van der Waals surface area contributed by atoms with Crippen LogP contribution < -0.4 is 0 Å². The highest BCUT2D eigenvalue weighted by atomic mass is 19.2. The molecule has 0 saturated carbocycles. The van der Waals surface area contributed by atoms with E-state index < -0.39 is 19.3 Å². The molecule has 0 aromatic carbocycles. The van der Waals surface area contributed by atoms with Crippen LogP contribution in [0.15, 0.2) is 12.1 Å². The second-order valence-corrected chi connectivity index (χ2v) is 0.795. The van der Waals surface area contributed by atoms with Gasteiger partial charge in [0.2, 0.25) is 0 Å². The van der Waals surface area contributed by atoms with Gasteiger partial charge in [-0.1, -0.05) is 0 Å². The molecule has 0 amide bonds. The molecule has 7 heavy (non-hydrogen) atoms. The van der Waals surface area contributed by atoms with Crippen molar-refractivity contribution in [2.75, 3.05) is 0 Å². The minimum Gasteiger partial charge on any atom is -0.279 e. The summed E-state index contributed by atoms with van der Waals surface area (Å²) in [5, 5.41) is 0. The highest BCUT2D eigenvalue weighted by Gasteiger charge is 2.19. The third-order valence-corrected chi connectivity index (χ3v) is 0.313. The second kappa shape index (κ2) is 2.66. The molecule has 0 aromatic rings. The van der Waals surface area contributed by atoms with Gasteiger partial charge in [-0.05, 0) is 0 Å². The van der Waals surface area contributed by atoms with Gasteiger partial charge >= 0.3 is 7.27 Å². The Balaban J connectivity index is 3.56. The molecule has 5 heteroatoms. The summed E-state index contributed by atoms with van der Waals surface area (Å²) in [5.41, 5.74) is -2.03. The Morgan fingerprint density at radius 2 is 1.86 bits per heavy atom. The molecule has 0 rings (SSSR count). The van der Waals surface area contributed by atoms with Crippen LogP contribution in [-0.2, 0) is 0 Å². The molecule has 0 aromatic heterocycles. The van der Waals surface area contributed by atoms with Crippen LogP contribution in [0.2, 0.25) is 0 Å². The summed E-state index contributed by atoms with van der Waals surface area (Å²) < 4.78 is 43.1. The zero-order chi connectivity index (χ0) is 5.86. The van der Waals surface area contributed by atoms with E-state index in [1.165, 1.54) is 0 Å². The lowest BCUT2D eigenvalue weighted by atomic mass is 9.99. The van der Waals surface area contributed by atoms with Crippen LogP contribution in [0.25, 0.3) is 0 Å². The zero-order valence-corrected chi connectivity index (χ0v) is 3.17. The van der Waals surface area contributed by atoms with Gasteiger partial charge in [0.1, 0.15) is 6.33 Å². The molecule has 0 aliphatic heterocycles. The minimum atomic E-state index is -3.31. The second-order valence-electron chi connectivity index (χ2n) is 0.795. The highest BCUT2D eigenvalue weighted by molar-refractivity contribution is 6.51. The van der Waals surface area contributed by atoms with E-state index in [0.717, 1.165) is 0 Å². The van der Waals surface area contributed by atoms with Crippen molar-refractivity contribution in [2.45, 2.75) is 0 Å². The van der Waals surface area contributed by atoms with Crippen LogP contribution in [0.4, 0.5) is 17.4 Å². The quantitative estimate of drug-likeness (QED) is 0.357. The van der Waals surface area contributed by atoms with E-state index in [0.29, 0.717) is 0 Å². The smallest absolute Gasteiger partial charge is 0.279 e. The lowest BCUT2D eigenvalue weighted by Crippen LogP contribution is -1.95. The molecule has 0 bridgehead atoms. The van der Waals surface area contributed by atoms with Gasteiger partial charge in [-0.25, -0.2) is 8.78 Å². The first-order valence-electron chi connectivity index (χ1n) is 1.42. The monoisotopic (exact) mass is 112 g/mol. The van der Waals surface area contributed by atoms with Crippen molar-refractivity contribution in [1.29, 1.82) is 0 Å². The Morgan fingerprint density at radius 1 is 1.43 bits per heavy atom. The van der Waals surface area contributed by atoms with E-state index in [2.05, 4.69) is 0 Å². The highest BCUT2D eigenvalue weighted by Crippen LogP contribution is 2.03. The van der Waals surface area contributed by atoms with Crippen molar-refractivity contribution in [1.82, 2.24) is 0 Å². The van der Waals surface area contributed by atoms with Crippen molar-refractivity contribution < 1.29 is 17.4 Å². The van der Waals surface area contributed by atoms with Crippen molar-refractivity contribution in [3.05, 3.63) is 12.1 Å². The predicted octanol–water partition coefficient (Wildman–Crippen LogP) is 1.73. The largest absolute Gasteiger partial charge is 0.603 e. The Bertz CT molecular complexity index is 77.8. The van der Waals surface area contributed by atoms with Gasteiger partial charge in [0.05, 0.1) is 0 Å². The van der Waals surface area contributed by atoms with Crippen molar-refractivity contribution >= 4 is 7.27 Å². The van der Waals surface area contributed by atoms with E-state index in [1.54, 1.807) is 0 Å². The number of hydrogen-bond donors (Lipinski definition) is 0. The fourth-order valence-corrected chi connectivity index (χ4v) is 0.0476. The van der Waals surface area contributed by atoms with E-state index in [-0.39, 0.29) is 0 Å². The number of hydrogen-bond acceptors (Lipinski definition) is 0. The Morgan fingerprint density at radius 3 is 1.86 bits per heavy atom. The molecule has 0 nitrogen and oxygen atoms in total. The first-order chi connectivity index (χ1) is 3.18. The van der Waals surface area contributed by atoms with Crippen LogP contribution in [-0.4, -0.2) is 7.27 Å². The molecule has 0 N–H and O–H groups in total. The summed E-state index contributed by atoms with van der Waals surface area (Å²) in [6.45, 7) is 0. The molecule has 0 radical (unpaired) electrons. The first-order valence-corrected chi connectivity index (χ1v) is 1.42. The first kappa shape index (κ1) is 6.52. The fourth-order valence-electron chi connectivity index (χ4n) is 0.0476. The summed E-state index contributed by atoms with van der Waals surface area (Å²) in [6.07, 6.45) is -0.759. The van der Waals surface area contributed by atoms with Gasteiger partial charge in [-0.2, -0.15) is 0 Å². The van der Waals surface area contributed by atoms with E-state index in [4.69, 9.17) is 0 Å². The summed E-state index contributed by atoms with van der Waals surface area (Å²) in [7, 11) is -3.31. The van der Waals surface area contributed by atoms with Crippen LogP contribution >= 0.6 is 0 Å². The third kappa shape index (κ3) is 2.25. The molecular weight excluding hydrogens is 111 g/mol. The lowest BCUT2D eigenvalue weighted by Gasteiger charge is -1.79. The van der Waals surface area contributed by atoms with Gasteiger partial charge in [0, 0.05) is 0 Å². The SMILES string of the molecule is F/C=C(/F)B(F)F. The molecular formula is C2HBF4. The molecule has 40 valence electrons. The molecule has 0 spiro atoms. The minimum absolute atomic E-state index is 0.759. The maximum absolute atomic E-state index is 11.0. The molecule has 0 saturated heterocycles. The van der Waals surface area contributed by atoms with Gasteiger partial charge < -0.3 is 0 Å². The van der Waals surface area contributed by atoms with Crippen LogP contribution in [0.1, 0.15) is 0 Å². The fraction of sp³-hybridized carbons (Fsp3) is 0. The summed E-state index contributed by atoms with van der Waals surface area (Å²) in [6, 6.07) is 0.